The van der Waals surface area contributed by atoms with Crippen LogP contribution in [0.3, 0.4) is 0 Å². The van der Waals surface area contributed by atoms with Gasteiger partial charge in [-0.2, -0.15) is 11.8 Å². The Labute approximate surface area is 204 Å². The maximum atomic E-state index is 13.0. The van der Waals surface area contributed by atoms with Gasteiger partial charge < -0.3 is 25.7 Å². The number of benzene rings is 1. The zero-order valence-electron chi connectivity index (χ0n) is 20.0. The van der Waals surface area contributed by atoms with E-state index in [0.29, 0.717) is 12.2 Å². The van der Waals surface area contributed by atoms with Crippen LogP contribution in [0.2, 0.25) is 0 Å². The summed E-state index contributed by atoms with van der Waals surface area (Å²) in [5.41, 5.74) is 1.14. The van der Waals surface area contributed by atoms with Crippen molar-refractivity contribution in [3.63, 3.8) is 0 Å². The summed E-state index contributed by atoms with van der Waals surface area (Å²) in [6, 6.07) is 6.00. The number of H-pyrrole nitrogens is 1. The minimum absolute atomic E-state index is 0.0351. The van der Waals surface area contributed by atoms with Gasteiger partial charge >= 0.3 is 6.09 Å². The summed E-state index contributed by atoms with van der Waals surface area (Å²) in [5, 5.41) is 8.88. The molecule has 0 fully saturated rings. The molecule has 0 saturated heterocycles. The van der Waals surface area contributed by atoms with E-state index in [2.05, 4.69) is 20.9 Å². The Bertz CT molecular complexity index is 985. The molecule has 1 aromatic heterocycles. The smallest absolute Gasteiger partial charge is 0.407 e. The molecule has 1 heterocycles. The molecule has 0 saturated carbocycles. The Balaban J connectivity index is 2.05. The number of hydrogen-bond donors (Lipinski definition) is 4. The molecule has 2 atom stereocenters. The summed E-state index contributed by atoms with van der Waals surface area (Å²) in [6.07, 6.45) is 5.60. The third-order valence-corrected chi connectivity index (χ3v) is 5.48. The number of hydrogen-bond acceptors (Lipinski definition) is 6. The van der Waals surface area contributed by atoms with Gasteiger partial charge in [0.05, 0.1) is 6.04 Å². The van der Waals surface area contributed by atoms with Crippen molar-refractivity contribution in [2.75, 3.05) is 18.6 Å². The van der Waals surface area contributed by atoms with E-state index in [4.69, 9.17) is 4.74 Å². The van der Waals surface area contributed by atoms with Crippen LogP contribution < -0.4 is 16.0 Å². The van der Waals surface area contributed by atoms with Crippen molar-refractivity contribution in [3.05, 3.63) is 36.0 Å². The van der Waals surface area contributed by atoms with Crippen LogP contribution in [0.5, 0.6) is 0 Å². The molecule has 185 valence electrons. The lowest BCUT2D eigenvalue weighted by Gasteiger charge is -2.21. The third kappa shape index (κ3) is 9.09. The van der Waals surface area contributed by atoms with Crippen molar-refractivity contribution < 1.29 is 23.9 Å². The van der Waals surface area contributed by atoms with Crippen LogP contribution >= 0.6 is 11.8 Å². The van der Waals surface area contributed by atoms with Gasteiger partial charge in [0, 0.05) is 36.5 Å². The van der Waals surface area contributed by atoms with Crippen LogP contribution in [0, 0.1) is 0 Å². The average Bonchev–Trinajstić information content (AvgIpc) is 3.17. The molecule has 2 rings (SSSR count). The van der Waals surface area contributed by atoms with Crippen molar-refractivity contribution in [3.8, 4) is 0 Å². The molecular formula is C24H33N4O5S. The van der Waals surface area contributed by atoms with Gasteiger partial charge in [-0.1, -0.05) is 18.2 Å². The Kier molecular flexibility index (Phi) is 10.4. The maximum Gasteiger partial charge on any atom is 0.407 e. The van der Waals surface area contributed by atoms with Crippen LogP contribution in [0.15, 0.2) is 30.5 Å². The maximum absolute atomic E-state index is 13.0. The molecule has 9 nitrogen and oxygen atoms in total. The fourth-order valence-electron chi connectivity index (χ4n) is 3.26. The lowest BCUT2D eigenvalue weighted by Crippen LogP contribution is -2.51. The highest BCUT2D eigenvalue weighted by Gasteiger charge is 2.25. The number of alkyl carbamates (subject to hydrolysis) is 1. The number of ether oxygens (including phenoxy) is 1. The highest BCUT2D eigenvalue weighted by Crippen LogP contribution is 2.19. The highest BCUT2D eigenvalue weighted by molar-refractivity contribution is 7.98. The van der Waals surface area contributed by atoms with Gasteiger partial charge in [-0.3, -0.25) is 14.4 Å². The van der Waals surface area contributed by atoms with Gasteiger partial charge in [-0.15, -0.1) is 0 Å². The number of nitrogens with one attached hydrogen (secondary N) is 4. The highest BCUT2D eigenvalue weighted by atomic mass is 32.2. The quantitative estimate of drug-likeness (QED) is 0.362. The Hall–Kier alpha value is -3.01. The predicted molar refractivity (Wildman–Crippen MR) is 133 cm³/mol. The zero-order valence-corrected chi connectivity index (χ0v) is 20.8. The predicted octanol–water partition coefficient (Wildman–Crippen LogP) is 2.46. The number of para-hydroxylation sites is 1. The average molecular weight is 490 g/mol. The van der Waals surface area contributed by atoms with Crippen molar-refractivity contribution in [2.24, 2.45) is 0 Å². The van der Waals surface area contributed by atoms with Gasteiger partial charge in [0.1, 0.15) is 11.6 Å². The van der Waals surface area contributed by atoms with E-state index in [-0.39, 0.29) is 19.4 Å². The first kappa shape index (κ1) is 27.2. The summed E-state index contributed by atoms with van der Waals surface area (Å²) < 4.78 is 5.15. The topological polar surface area (TPSA) is 129 Å². The van der Waals surface area contributed by atoms with Gasteiger partial charge in [0.25, 0.3) is 0 Å². The molecule has 0 spiro atoms. The van der Waals surface area contributed by atoms with Crippen molar-refractivity contribution in [2.45, 2.75) is 57.7 Å². The molecule has 0 bridgehead atoms. The fourth-order valence-corrected chi connectivity index (χ4v) is 3.73. The van der Waals surface area contributed by atoms with E-state index < -0.39 is 35.6 Å². The molecule has 34 heavy (non-hydrogen) atoms. The van der Waals surface area contributed by atoms with Gasteiger partial charge in [0.15, 0.2) is 0 Å². The first-order valence-electron chi connectivity index (χ1n) is 11.1. The van der Waals surface area contributed by atoms with Gasteiger partial charge in [0.2, 0.25) is 18.1 Å². The van der Waals surface area contributed by atoms with Crippen molar-refractivity contribution >= 4 is 46.9 Å². The minimum Gasteiger partial charge on any atom is -0.444 e. The van der Waals surface area contributed by atoms with E-state index >= 15 is 0 Å². The molecular weight excluding hydrogens is 456 g/mol. The Morgan fingerprint density at radius 3 is 2.59 bits per heavy atom. The zero-order chi connectivity index (χ0) is 25.1. The lowest BCUT2D eigenvalue weighted by molar-refractivity contribution is -0.129. The summed E-state index contributed by atoms with van der Waals surface area (Å²) in [7, 11) is 0. The second kappa shape index (κ2) is 13.0. The van der Waals surface area contributed by atoms with Crippen LogP contribution in [0.25, 0.3) is 10.9 Å². The minimum atomic E-state index is -0.904. The number of carbonyl (C=O) groups is 3. The van der Waals surface area contributed by atoms with Crippen molar-refractivity contribution in [1.29, 1.82) is 0 Å². The van der Waals surface area contributed by atoms with Gasteiger partial charge in [-0.25, -0.2) is 4.79 Å². The van der Waals surface area contributed by atoms with Crippen LogP contribution in [0.1, 0.15) is 39.2 Å². The summed E-state index contributed by atoms with van der Waals surface area (Å²) in [4.78, 5) is 51.8. The van der Waals surface area contributed by atoms with E-state index in [0.717, 1.165) is 16.5 Å². The summed E-state index contributed by atoms with van der Waals surface area (Å²) >= 11 is 1.56. The molecule has 1 aromatic carbocycles. The molecule has 4 N–H and O–H groups in total. The summed E-state index contributed by atoms with van der Waals surface area (Å²) in [6.45, 7) is 5.30. The third-order valence-electron chi connectivity index (χ3n) is 4.84. The normalized spacial score (nSPS) is 13.1. The number of thioether (sulfide) groups is 1. The standard InChI is InChI=1S/C24H33N4O5S/c1-24(2,3)33-23(32)25-11-9-21(30)28-20(22(31)27-17(15-29)10-12-34-4)13-16-14-26-19-8-6-5-7-18(16)19/h5-8,14,17,20,26H,9-13H2,1-4H3,(H,25,32)(H,27,31)(H,28,30)/t17-,20-/m0/s1. The molecule has 0 aliphatic carbocycles. The number of rotatable bonds is 12. The molecule has 0 unspecified atom stereocenters. The van der Waals surface area contributed by atoms with E-state index in [1.54, 1.807) is 38.7 Å². The molecule has 10 heteroatoms. The number of amides is 3. The summed E-state index contributed by atoms with van der Waals surface area (Å²) in [5.74, 6) is -0.185. The monoisotopic (exact) mass is 489 g/mol. The van der Waals surface area contributed by atoms with Gasteiger partial charge in [-0.05, 0) is 50.8 Å². The number of fused-ring (bicyclic) bond motifs is 1. The number of aromatic nitrogens is 1. The van der Waals surface area contributed by atoms with Crippen molar-refractivity contribution in [1.82, 2.24) is 20.9 Å². The first-order valence-corrected chi connectivity index (χ1v) is 12.5. The Morgan fingerprint density at radius 1 is 1.18 bits per heavy atom. The second-order valence-corrected chi connectivity index (χ2v) is 9.81. The fraction of sp³-hybridized carbons (Fsp3) is 0.500. The molecule has 0 aliphatic heterocycles. The largest absolute Gasteiger partial charge is 0.444 e. The molecule has 3 amide bonds. The molecule has 0 aliphatic rings. The Morgan fingerprint density at radius 2 is 1.91 bits per heavy atom. The SMILES string of the molecule is CSCC[C@@H]([C]=O)NC(=O)[C@H](Cc1c[nH]c2ccccc12)NC(=O)CCNC(=O)OC(C)(C)C. The molecule has 1 radical (unpaired) electrons. The lowest BCUT2D eigenvalue weighted by atomic mass is 10.0. The second-order valence-electron chi connectivity index (χ2n) is 8.82. The van der Waals surface area contributed by atoms with Crippen LogP contribution in [-0.2, 0) is 25.5 Å². The van der Waals surface area contributed by atoms with E-state index in [1.165, 1.54) is 0 Å². The van der Waals surface area contributed by atoms with Crippen LogP contribution in [0.4, 0.5) is 4.79 Å². The number of aromatic amines is 1. The van der Waals surface area contributed by atoms with E-state index in [9.17, 15) is 19.2 Å². The van der Waals surface area contributed by atoms with Crippen LogP contribution in [-0.4, -0.2) is 65.4 Å². The first-order chi connectivity index (χ1) is 16.1. The number of carbonyl (C=O) groups excluding carboxylic acids is 4. The molecule has 2 aromatic rings. The van der Waals surface area contributed by atoms with E-state index in [1.807, 2.05) is 36.8 Å².